The van der Waals surface area contributed by atoms with Gasteiger partial charge in [-0.2, -0.15) is 17.0 Å². The second-order valence-corrected chi connectivity index (χ2v) is 9.97. The van der Waals surface area contributed by atoms with Gasteiger partial charge in [0.1, 0.15) is 6.33 Å². The Balaban J connectivity index is 1.29. The van der Waals surface area contributed by atoms with Crippen LogP contribution in [0.15, 0.2) is 24.5 Å². The summed E-state index contributed by atoms with van der Waals surface area (Å²) in [6.45, 7) is 4.69. The first-order valence-corrected chi connectivity index (χ1v) is 12.0. The van der Waals surface area contributed by atoms with Gasteiger partial charge in [0, 0.05) is 45.0 Å². The average Bonchev–Trinajstić information content (AvgIpc) is 3.62. The van der Waals surface area contributed by atoms with Crippen LogP contribution in [-0.2, 0) is 14.9 Å². The predicted octanol–water partition coefficient (Wildman–Crippen LogP) is 1.12. The van der Waals surface area contributed by atoms with E-state index >= 15 is 0 Å². The summed E-state index contributed by atoms with van der Waals surface area (Å²) in [6, 6.07) is 6.07. The highest BCUT2D eigenvalue weighted by Crippen LogP contribution is 2.32. The lowest BCUT2D eigenvalue weighted by Crippen LogP contribution is -2.55. The minimum absolute atomic E-state index is 0.427. The molecule has 3 aliphatic rings. The molecule has 3 fully saturated rings. The maximum atomic E-state index is 12.9. The van der Waals surface area contributed by atoms with E-state index in [4.69, 9.17) is 9.47 Å². The van der Waals surface area contributed by atoms with Gasteiger partial charge < -0.3 is 14.4 Å². The molecule has 1 saturated carbocycles. The fourth-order valence-electron chi connectivity index (χ4n) is 3.93. The van der Waals surface area contributed by atoms with Gasteiger partial charge in [0.05, 0.1) is 30.7 Å². The smallest absolute Gasteiger partial charge is 0.282 e. The molecule has 2 aromatic rings. The Bertz CT molecular complexity index is 999. The lowest BCUT2D eigenvalue weighted by Gasteiger charge is -2.38. The van der Waals surface area contributed by atoms with Gasteiger partial charge in [-0.05, 0) is 37.0 Å². The van der Waals surface area contributed by atoms with Gasteiger partial charge in [0.25, 0.3) is 10.2 Å². The molecule has 0 N–H and O–H groups in total. The Kier molecular flexibility index (Phi) is 5.48. The molecule has 5 rings (SSSR count). The van der Waals surface area contributed by atoms with Crippen LogP contribution in [0.25, 0.3) is 10.9 Å². The Morgan fingerprint density at radius 3 is 2.47 bits per heavy atom. The zero-order chi connectivity index (χ0) is 20.6. The van der Waals surface area contributed by atoms with Crippen LogP contribution in [0.3, 0.4) is 0 Å². The maximum Gasteiger partial charge on any atom is 0.282 e. The molecule has 162 valence electrons. The number of hydrogen-bond donors (Lipinski definition) is 0. The van der Waals surface area contributed by atoms with Crippen molar-refractivity contribution >= 4 is 26.8 Å². The number of morpholine rings is 1. The van der Waals surface area contributed by atoms with Gasteiger partial charge in [-0.25, -0.2) is 9.97 Å². The summed E-state index contributed by atoms with van der Waals surface area (Å²) in [5.41, 5.74) is 1.89. The second kappa shape index (κ2) is 8.26. The van der Waals surface area contributed by atoms with Crippen molar-refractivity contribution in [2.75, 3.05) is 64.0 Å². The fourth-order valence-corrected chi connectivity index (χ4v) is 5.49. The number of piperazine rings is 1. The zero-order valence-electron chi connectivity index (χ0n) is 16.9. The third kappa shape index (κ3) is 4.09. The number of aromatic nitrogens is 2. The third-order valence-corrected chi connectivity index (χ3v) is 8.00. The molecule has 2 saturated heterocycles. The van der Waals surface area contributed by atoms with E-state index in [2.05, 4.69) is 20.9 Å². The van der Waals surface area contributed by atoms with Gasteiger partial charge in [-0.3, -0.25) is 0 Å². The Labute approximate surface area is 176 Å². The molecular formula is C20H27N5O4S. The van der Waals surface area contributed by atoms with E-state index in [1.54, 1.807) is 10.6 Å². The number of benzene rings is 1. The van der Waals surface area contributed by atoms with Crippen molar-refractivity contribution in [3.8, 4) is 5.88 Å². The molecule has 30 heavy (non-hydrogen) atoms. The van der Waals surface area contributed by atoms with E-state index in [9.17, 15) is 8.42 Å². The van der Waals surface area contributed by atoms with Crippen molar-refractivity contribution in [2.24, 2.45) is 5.92 Å². The Hall–Kier alpha value is -2.01. The molecule has 2 aliphatic heterocycles. The van der Waals surface area contributed by atoms with Crippen LogP contribution in [0, 0.1) is 5.92 Å². The number of nitrogens with zero attached hydrogens (tertiary/aromatic N) is 5. The van der Waals surface area contributed by atoms with Gasteiger partial charge >= 0.3 is 0 Å². The van der Waals surface area contributed by atoms with Crippen molar-refractivity contribution in [3.05, 3.63) is 24.5 Å². The maximum absolute atomic E-state index is 12.9. The monoisotopic (exact) mass is 433 g/mol. The summed E-state index contributed by atoms with van der Waals surface area (Å²) in [6.07, 6.45) is 4.00. The highest BCUT2D eigenvalue weighted by molar-refractivity contribution is 7.86. The van der Waals surface area contributed by atoms with Crippen molar-refractivity contribution in [3.63, 3.8) is 0 Å². The van der Waals surface area contributed by atoms with Crippen LogP contribution in [0.4, 0.5) is 5.69 Å². The van der Waals surface area contributed by atoms with E-state index in [0.29, 0.717) is 70.9 Å². The number of hydrogen-bond acceptors (Lipinski definition) is 7. The summed E-state index contributed by atoms with van der Waals surface area (Å²) in [7, 11) is -3.42. The van der Waals surface area contributed by atoms with Gasteiger partial charge in [-0.15, -0.1) is 0 Å². The molecular weight excluding hydrogens is 406 g/mol. The van der Waals surface area contributed by atoms with Crippen molar-refractivity contribution in [1.82, 2.24) is 18.6 Å². The van der Waals surface area contributed by atoms with Gasteiger partial charge in [-0.1, -0.05) is 0 Å². The Morgan fingerprint density at radius 2 is 1.73 bits per heavy atom. The van der Waals surface area contributed by atoms with Crippen LogP contribution in [0.5, 0.6) is 5.88 Å². The van der Waals surface area contributed by atoms with Gasteiger partial charge in [0.15, 0.2) is 0 Å². The molecule has 0 atom stereocenters. The van der Waals surface area contributed by atoms with Crippen molar-refractivity contribution < 1.29 is 17.9 Å². The SMILES string of the molecule is O=S(=O)(N1CCOCC1)N1CCN(c2ccc3ncnc(OCC4CC4)c3c2)CC1. The van der Waals surface area contributed by atoms with Crippen LogP contribution >= 0.6 is 0 Å². The van der Waals surface area contributed by atoms with Crippen molar-refractivity contribution in [2.45, 2.75) is 12.8 Å². The van der Waals surface area contributed by atoms with Crippen LogP contribution in [0.2, 0.25) is 0 Å². The number of rotatable bonds is 6. The van der Waals surface area contributed by atoms with Crippen molar-refractivity contribution in [1.29, 1.82) is 0 Å². The lowest BCUT2D eigenvalue weighted by atomic mass is 10.2. The summed E-state index contributed by atoms with van der Waals surface area (Å²) >= 11 is 0. The standard InChI is InChI=1S/C20H27N5O4S/c26-30(27,25-9-11-28-12-10-25)24-7-5-23(6-8-24)17-3-4-19-18(13-17)20(22-15-21-19)29-14-16-1-2-16/h3-4,13,15-16H,1-2,5-12,14H2. The predicted molar refractivity (Wildman–Crippen MR) is 113 cm³/mol. The molecule has 1 aliphatic carbocycles. The van der Waals surface area contributed by atoms with Crippen LogP contribution < -0.4 is 9.64 Å². The lowest BCUT2D eigenvalue weighted by molar-refractivity contribution is 0.0700. The molecule has 0 spiro atoms. The highest BCUT2D eigenvalue weighted by atomic mass is 32.2. The number of fused-ring (bicyclic) bond motifs is 1. The highest BCUT2D eigenvalue weighted by Gasteiger charge is 2.33. The molecule has 0 amide bonds. The van der Waals surface area contributed by atoms with E-state index in [0.717, 1.165) is 16.6 Å². The van der Waals surface area contributed by atoms with E-state index < -0.39 is 10.2 Å². The average molecular weight is 434 g/mol. The minimum atomic E-state index is -3.42. The van der Waals surface area contributed by atoms with Gasteiger partial charge in [0.2, 0.25) is 5.88 Å². The normalized spacial score (nSPS) is 21.8. The molecule has 1 aromatic carbocycles. The number of ether oxygens (including phenoxy) is 2. The van der Waals surface area contributed by atoms with Crippen LogP contribution in [-0.4, -0.2) is 86.1 Å². The van der Waals surface area contributed by atoms with E-state index in [-0.39, 0.29) is 0 Å². The summed E-state index contributed by atoms with van der Waals surface area (Å²) in [5, 5.41) is 0.902. The summed E-state index contributed by atoms with van der Waals surface area (Å²) < 4.78 is 40.1. The first-order valence-electron chi connectivity index (χ1n) is 10.6. The Morgan fingerprint density at radius 1 is 1.00 bits per heavy atom. The zero-order valence-corrected chi connectivity index (χ0v) is 17.8. The van der Waals surface area contributed by atoms with Crippen LogP contribution in [0.1, 0.15) is 12.8 Å². The van der Waals surface area contributed by atoms with E-state index in [1.165, 1.54) is 17.1 Å². The topological polar surface area (TPSA) is 88.1 Å². The fraction of sp³-hybridized carbons (Fsp3) is 0.600. The molecule has 10 heteroatoms. The first-order chi connectivity index (χ1) is 14.6. The first kappa shape index (κ1) is 19.9. The molecule has 0 bridgehead atoms. The largest absolute Gasteiger partial charge is 0.477 e. The molecule has 1 aromatic heterocycles. The molecule has 0 unspecified atom stereocenters. The second-order valence-electron chi connectivity index (χ2n) is 8.04. The summed E-state index contributed by atoms with van der Waals surface area (Å²) in [5.74, 6) is 1.28. The molecule has 3 heterocycles. The molecule has 0 radical (unpaired) electrons. The third-order valence-electron chi connectivity index (χ3n) is 5.96. The summed E-state index contributed by atoms with van der Waals surface area (Å²) in [4.78, 5) is 10.9. The molecule has 9 nitrogen and oxygen atoms in total. The quantitative estimate of drug-likeness (QED) is 0.674. The minimum Gasteiger partial charge on any atom is -0.477 e. The number of anilines is 1. The van der Waals surface area contributed by atoms with E-state index in [1.807, 2.05) is 12.1 Å².